The van der Waals surface area contributed by atoms with Crippen molar-refractivity contribution in [3.05, 3.63) is 40.9 Å². The van der Waals surface area contributed by atoms with Gasteiger partial charge >= 0.3 is 0 Å². The Hall–Kier alpha value is -1.80. The summed E-state index contributed by atoms with van der Waals surface area (Å²) in [5.41, 5.74) is 7.98. The Morgan fingerprint density at radius 1 is 1.30 bits per heavy atom. The van der Waals surface area contributed by atoms with Crippen molar-refractivity contribution < 1.29 is 13.6 Å². The molecule has 3 rings (SSSR count). The minimum absolute atomic E-state index is 0.101. The number of halogens is 1. The van der Waals surface area contributed by atoms with Gasteiger partial charge in [-0.2, -0.15) is 0 Å². The number of nitrogen functional groups attached to an aromatic ring is 1. The lowest BCUT2D eigenvalue weighted by Crippen LogP contribution is -2.48. The number of nitrogens with two attached hydrogens (primary N) is 1. The fraction of sp³-hybridized carbons (Fsp3) is 0.500. The van der Waals surface area contributed by atoms with Gasteiger partial charge in [0.15, 0.2) is 25.2 Å². The zero-order valence-electron chi connectivity index (χ0n) is 19.8. The van der Waals surface area contributed by atoms with E-state index in [9.17, 15) is 4.79 Å². The molecule has 11 heteroatoms. The number of hydrogen-bond donors (Lipinski definition) is 2. The number of hydrogen-bond acceptors (Lipinski definition) is 7. The van der Waals surface area contributed by atoms with Crippen LogP contribution < -0.4 is 16.0 Å². The second kappa shape index (κ2) is 11.6. The average Bonchev–Trinajstić information content (AvgIpc) is 2.81. The fourth-order valence-corrected chi connectivity index (χ4v) is 6.50. The molecule has 1 saturated heterocycles. The topological polar surface area (TPSA) is 103 Å². The number of piperidine rings is 1. The third kappa shape index (κ3) is 6.21. The highest BCUT2D eigenvalue weighted by Crippen LogP contribution is 2.40. The van der Waals surface area contributed by atoms with Crippen molar-refractivity contribution in [3.8, 4) is 0 Å². The molecule has 0 saturated carbocycles. The van der Waals surface area contributed by atoms with Gasteiger partial charge in [-0.1, -0.05) is 26.9 Å². The van der Waals surface area contributed by atoms with Gasteiger partial charge in [0.1, 0.15) is 10.9 Å². The Balaban J connectivity index is 1.81. The van der Waals surface area contributed by atoms with Gasteiger partial charge in [-0.3, -0.25) is 9.78 Å². The minimum atomic E-state index is -0.576. The molecule has 0 radical (unpaired) electrons. The maximum absolute atomic E-state index is 12.9. The highest BCUT2D eigenvalue weighted by Gasteiger charge is 2.40. The van der Waals surface area contributed by atoms with Crippen molar-refractivity contribution in [2.75, 3.05) is 29.0 Å². The van der Waals surface area contributed by atoms with Crippen LogP contribution in [0.1, 0.15) is 37.2 Å². The molecular weight excluding hydrogens is 518 g/mol. The van der Waals surface area contributed by atoms with Crippen LogP contribution in [0.3, 0.4) is 0 Å². The molecule has 2 aromatic rings. The quantitative estimate of drug-likeness (QED) is 0.280. The molecule has 3 heterocycles. The van der Waals surface area contributed by atoms with Gasteiger partial charge in [0.25, 0.3) is 5.91 Å². The summed E-state index contributed by atoms with van der Waals surface area (Å²) in [6.07, 6.45) is 5.47. The Kier molecular flexibility index (Phi) is 9.05. The van der Waals surface area contributed by atoms with E-state index < -0.39 is 19.5 Å². The lowest BCUT2D eigenvalue weighted by molar-refractivity contribution is -0.106. The maximum atomic E-state index is 12.9. The SMILES string of the molecule is C[SiH2]OC(O[SiH2]C)C(C)(C)C1CCCN(c2ccncc2NC(=O)c2nc(Br)ccc2N)C1. The monoisotopic (exact) mass is 551 g/mol. The van der Waals surface area contributed by atoms with E-state index in [1.807, 2.05) is 6.07 Å². The first kappa shape index (κ1) is 25.8. The first-order valence-corrected chi connectivity index (χ1v) is 16.2. The van der Waals surface area contributed by atoms with Gasteiger partial charge in [0.2, 0.25) is 0 Å². The Bertz CT molecular complexity index is 959. The first-order chi connectivity index (χ1) is 15.8. The number of carbonyl (C=O) groups excluding carboxylic acids is 1. The summed E-state index contributed by atoms with van der Waals surface area (Å²) >= 11 is 3.30. The van der Waals surface area contributed by atoms with Gasteiger partial charge in [0.05, 0.1) is 23.3 Å². The molecule has 33 heavy (non-hydrogen) atoms. The molecule has 0 spiro atoms. The number of amides is 1. The largest absolute Gasteiger partial charge is 0.400 e. The smallest absolute Gasteiger partial charge is 0.276 e. The van der Waals surface area contributed by atoms with Crippen LogP contribution in [0, 0.1) is 11.3 Å². The van der Waals surface area contributed by atoms with Gasteiger partial charge in [-0.05, 0) is 52.9 Å². The zero-order valence-corrected chi connectivity index (χ0v) is 24.2. The molecule has 2 aromatic heterocycles. The third-order valence-corrected chi connectivity index (χ3v) is 7.93. The van der Waals surface area contributed by atoms with E-state index in [0.717, 1.165) is 31.6 Å². The van der Waals surface area contributed by atoms with E-state index in [1.165, 1.54) is 0 Å². The highest BCUT2D eigenvalue weighted by atomic mass is 79.9. The van der Waals surface area contributed by atoms with E-state index in [0.29, 0.717) is 21.9 Å². The molecule has 180 valence electrons. The van der Waals surface area contributed by atoms with Crippen LogP contribution in [0.5, 0.6) is 0 Å². The molecule has 1 aliphatic heterocycles. The molecule has 1 atom stereocenters. The van der Waals surface area contributed by atoms with Crippen molar-refractivity contribution >= 4 is 58.4 Å². The minimum Gasteiger partial charge on any atom is -0.400 e. The lowest BCUT2D eigenvalue weighted by atomic mass is 9.74. The van der Waals surface area contributed by atoms with Gasteiger partial charge in [-0.15, -0.1) is 0 Å². The van der Waals surface area contributed by atoms with Crippen molar-refractivity contribution in [1.82, 2.24) is 9.97 Å². The fourth-order valence-electron chi connectivity index (χ4n) is 4.34. The number of nitrogens with one attached hydrogen (secondary N) is 1. The van der Waals surface area contributed by atoms with Crippen LogP contribution in [0.4, 0.5) is 17.1 Å². The van der Waals surface area contributed by atoms with E-state index in [2.05, 4.69) is 63.1 Å². The second-order valence-corrected chi connectivity index (χ2v) is 11.4. The Morgan fingerprint density at radius 3 is 2.73 bits per heavy atom. The van der Waals surface area contributed by atoms with Crippen molar-refractivity contribution in [2.45, 2.75) is 46.1 Å². The maximum Gasteiger partial charge on any atom is 0.276 e. The molecule has 1 unspecified atom stereocenters. The number of carbonyl (C=O) groups is 1. The predicted octanol–water partition coefficient (Wildman–Crippen LogP) is 2.94. The van der Waals surface area contributed by atoms with Crippen LogP contribution in [0.25, 0.3) is 0 Å². The van der Waals surface area contributed by atoms with Crippen LogP contribution in [0.2, 0.25) is 13.1 Å². The standard InChI is InChI=1S/C22H34BrN5O3Si2/c1-22(2,21(30-32-3)31-33-4)14-6-5-11-28(13-14)17-9-10-25-12-16(17)26-20(29)19-15(24)7-8-18(23)27-19/h7-10,12,14,21H,5-6,11,13,24,32-33H2,1-4H3,(H,26,29). The van der Waals surface area contributed by atoms with Crippen molar-refractivity contribution in [2.24, 2.45) is 11.3 Å². The Labute approximate surface area is 209 Å². The van der Waals surface area contributed by atoms with E-state index in [-0.39, 0.29) is 23.3 Å². The van der Waals surface area contributed by atoms with E-state index in [1.54, 1.807) is 24.5 Å². The molecule has 1 fully saturated rings. The summed E-state index contributed by atoms with van der Waals surface area (Å²) in [5.74, 6) is 0.0380. The van der Waals surface area contributed by atoms with Gasteiger partial charge < -0.3 is 24.8 Å². The zero-order chi connectivity index (χ0) is 24.0. The molecule has 1 aliphatic rings. The van der Waals surface area contributed by atoms with Gasteiger partial charge in [0, 0.05) is 24.7 Å². The summed E-state index contributed by atoms with van der Waals surface area (Å²) in [6.45, 7) is 10.6. The number of rotatable bonds is 9. The summed E-state index contributed by atoms with van der Waals surface area (Å²) in [4.78, 5) is 23.7. The molecular formula is C22H34BrN5O3Si2. The van der Waals surface area contributed by atoms with E-state index >= 15 is 0 Å². The van der Waals surface area contributed by atoms with Crippen LogP contribution in [0.15, 0.2) is 35.2 Å². The molecule has 1 amide bonds. The summed E-state index contributed by atoms with van der Waals surface area (Å²) in [5, 5.41) is 2.96. The molecule has 8 nitrogen and oxygen atoms in total. The normalized spacial score (nSPS) is 18.3. The van der Waals surface area contributed by atoms with Gasteiger partial charge in [-0.25, -0.2) is 4.98 Å². The van der Waals surface area contributed by atoms with Crippen molar-refractivity contribution in [1.29, 1.82) is 0 Å². The summed E-state index contributed by atoms with van der Waals surface area (Å²) in [6, 6.07) is 5.32. The summed E-state index contributed by atoms with van der Waals surface area (Å²) in [7, 11) is -1.15. The number of pyridine rings is 2. The first-order valence-electron chi connectivity index (χ1n) is 11.4. The van der Waals surface area contributed by atoms with Crippen LogP contribution in [-0.4, -0.2) is 54.8 Å². The number of nitrogens with zero attached hydrogens (tertiary/aromatic N) is 3. The Morgan fingerprint density at radius 2 is 2.03 bits per heavy atom. The summed E-state index contributed by atoms with van der Waals surface area (Å²) < 4.78 is 12.8. The van der Waals surface area contributed by atoms with Crippen LogP contribution in [-0.2, 0) is 8.85 Å². The van der Waals surface area contributed by atoms with E-state index in [4.69, 9.17) is 14.6 Å². The van der Waals surface area contributed by atoms with Crippen LogP contribution >= 0.6 is 15.9 Å². The average molecular weight is 553 g/mol. The lowest BCUT2D eigenvalue weighted by Gasteiger charge is -2.46. The third-order valence-electron chi connectivity index (χ3n) is 6.21. The number of aromatic nitrogens is 2. The molecule has 0 aromatic carbocycles. The molecule has 3 N–H and O–H groups in total. The van der Waals surface area contributed by atoms with Crippen molar-refractivity contribution in [3.63, 3.8) is 0 Å². The molecule has 0 bridgehead atoms. The second-order valence-electron chi connectivity index (χ2n) is 8.77. The number of anilines is 3. The predicted molar refractivity (Wildman–Crippen MR) is 142 cm³/mol. The highest BCUT2D eigenvalue weighted by molar-refractivity contribution is 9.10. The molecule has 0 aliphatic carbocycles.